The number of rotatable bonds is 3. The second-order valence-corrected chi connectivity index (χ2v) is 5.75. The molecule has 1 aromatic rings. The number of nitrogens with one attached hydrogen (secondary N) is 1. The first kappa shape index (κ1) is 13.2. The highest BCUT2D eigenvalue weighted by Gasteiger charge is 2.11. The van der Waals surface area contributed by atoms with Crippen LogP contribution in [0.1, 0.15) is 37.6 Å². The first-order valence-electron chi connectivity index (χ1n) is 5.28. The second-order valence-electron chi connectivity index (χ2n) is 4.94. The summed E-state index contributed by atoms with van der Waals surface area (Å²) >= 11 is 3.23. The Balaban J connectivity index is 2.44. The van der Waals surface area contributed by atoms with Crippen LogP contribution < -0.4 is 5.32 Å². The molecule has 0 aliphatic heterocycles. The molecular formula is C12H17BrN2O. The van der Waals surface area contributed by atoms with Crippen molar-refractivity contribution in [2.24, 2.45) is 5.41 Å². The minimum absolute atomic E-state index is 0.0655. The summed E-state index contributed by atoms with van der Waals surface area (Å²) in [4.78, 5) is 15.7. The van der Waals surface area contributed by atoms with Gasteiger partial charge in [-0.3, -0.25) is 4.79 Å². The first-order chi connectivity index (χ1) is 7.38. The fourth-order valence-electron chi connectivity index (χ4n) is 1.16. The van der Waals surface area contributed by atoms with Crippen molar-refractivity contribution in [3.63, 3.8) is 0 Å². The minimum atomic E-state index is -0.0655. The third kappa shape index (κ3) is 4.75. The van der Waals surface area contributed by atoms with E-state index in [4.69, 9.17) is 0 Å². The van der Waals surface area contributed by atoms with Gasteiger partial charge in [0.25, 0.3) is 5.91 Å². The smallest absolute Gasteiger partial charge is 0.252 e. The van der Waals surface area contributed by atoms with Crippen molar-refractivity contribution in [1.82, 2.24) is 10.3 Å². The summed E-state index contributed by atoms with van der Waals surface area (Å²) in [6.45, 7) is 7.15. The van der Waals surface area contributed by atoms with Crippen LogP contribution in [0.15, 0.2) is 22.9 Å². The van der Waals surface area contributed by atoms with E-state index in [9.17, 15) is 4.79 Å². The number of aromatic nitrogens is 1. The summed E-state index contributed by atoms with van der Waals surface area (Å²) in [6.07, 6.45) is 2.53. The zero-order valence-corrected chi connectivity index (χ0v) is 11.5. The Bertz CT molecular complexity index is 354. The third-order valence-electron chi connectivity index (χ3n) is 2.15. The highest BCUT2D eigenvalue weighted by Crippen LogP contribution is 2.17. The Hall–Kier alpha value is -0.900. The predicted octanol–water partition coefficient (Wildman–Crippen LogP) is 3.01. The summed E-state index contributed by atoms with van der Waals surface area (Å²) in [5, 5.41) is 2.88. The van der Waals surface area contributed by atoms with Crippen molar-refractivity contribution in [3.05, 3.63) is 28.5 Å². The number of pyridine rings is 1. The summed E-state index contributed by atoms with van der Waals surface area (Å²) in [5.41, 5.74) is 0.836. The molecule has 0 bridgehead atoms. The number of hydrogen-bond acceptors (Lipinski definition) is 2. The largest absolute Gasteiger partial charge is 0.352 e. The molecule has 0 atom stereocenters. The van der Waals surface area contributed by atoms with E-state index in [1.807, 2.05) is 0 Å². The van der Waals surface area contributed by atoms with Crippen molar-refractivity contribution >= 4 is 21.8 Å². The molecule has 0 spiro atoms. The zero-order chi connectivity index (χ0) is 12.2. The molecule has 1 rings (SSSR count). The molecule has 0 aliphatic carbocycles. The van der Waals surface area contributed by atoms with Gasteiger partial charge in [-0.1, -0.05) is 20.8 Å². The van der Waals surface area contributed by atoms with Crippen LogP contribution in [0.2, 0.25) is 0 Å². The molecule has 0 fully saturated rings. The Labute approximate surface area is 105 Å². The number of hydrogen-bond donors (Lipinski definition) is 1. The van der Waals surface area contributed by atoms with Gasteiger partial charge in [-0.15, -0.1) is 0 Å². The van der Waals surface area contributed by atoms with Gasteiger partial charge in [0.05, 0.1) is 5.56 Å². The Morgan fingerprint density at radius 3 is 2.62 bits per heavy atom. The maximum absolute atomic E-state index is 11.7. The monoisotopic (exact) mass is 284 g/mol. The molecule has 0 radical (unpaired) electrons. The van der Waals surface area contributed by atoms with E-state index in [0.717, 1.165) is 11.0 Å². The van der Waals surface area contributed by atoms with E-state index in [0.29, 0.717) is 12.1 Å². The summed E-state index contributed by atoms with van der Waals surface area (Å²) in [6, 6.07) is 3.52. The van der Waals surface area contributed by atoms with Gasteiger partial charge < -0.3 is 5.32 Å². The van der Waals surface area contributed by atoms with Gasteiger partial charge in [0.15, 0.2) is 0 Å². The summed E-state index contributed by atoms with van der Waals surface area (Å²) in [5.74, 6) is -0.0655. The second kappa shape index (κ2) is 5.43. The van der Waals surface area contributed by atoms with Gasteiger partial charge in [0.1, 0.15) is 4.60 Å². The maximum Gasteiger partial charge on any atom is 0.252 e. The normalized spacial score (nSPS) is 11.2. The van der Waals surface area contributed by atoms with Crippen LogP contribution in [-0.2, 0) is 0 Å². The van der Waals surface area contributed by atoms with Crippen LogP contribution in [0, 0.1) is 5.41 Å². The Morgan fingerprint density at radius 2 is 2.12 bits per heavy atom. The minimum Gasteiger partial charge on any atom is -0.352 e. The highest BCUT2D eigenvalue weighted by molar-refractivity contribution is 9.10. The van der Waals surface area contributed by atoms with Crippen molar-refractivity contribution in [3.8, 4) is 0 Å². The predicted molar refractivity (Wildman–Crippen MR) is 68.3 cm³/mol. The molecule has 16 heavy (non-hydrogen) atoms. The Morgan fingerprint density at radius 1 is 1.44 bits per heavy atom. The van der Waals surface area contributed by atoms with Crippen LogP contribution in [0.4, 0.5) is 0 Å². The van der Waals surface area contributed by atoms with Gasteiger partial charge in [0, 0.05) is 12.7 Å². The van der Waals surface area contributed by atoms with Crippen LogP contribution >= 0.6 is 15.9 Å². The lowest BCUT2D eigenvalue weighted by Crippen LogP contribution is -2.27. The number of nitrogens with zero attached hydrogens (tertiary/aromatic N) is 1. The lowest BCUT2D eigenvalue weighted by atomic mass is 9.92. The standard InChI is InChI=1S/C12H17BrN2O/c1-12(2,3)6-7-14-11(16)9-4-5-10(13)15-8-9/h4-5,8H,6-7H2,1-3H3,(H,14,16). The highest BCUT2D eigenvalue weighted by atomic mass is 79.9. The molecule has 4 heteroatoms. The number of amides is 1. The quantitative estimate of drug-likeness (QED) is 0.867. The molecule has 88 valence electrons. The average Bonchev–Trinajstić information content (AvgIpc) is 2.16. The summed E-state index contributed by atoms with van der Waals surface area (Å²) in [7, 11) is 0. The number of carbonyl (C=O) groups is 1. The van der Waals surface area contributed by atoms with Gasteiger partial charge in [-0.25, -0.2) is 4.98 Å². The van der Waals surface area contributed by atoms with E-state index in [2.05, 4.69) is 47.0 Å². The Kier molecular flexibility index (Phi) is 4.47. The summed E-state index contributed by atoms with van der Waals surface area (Å²) < 4.78 is 0.735. The first-order valence-corrected chi connectivity index (χ1v) is 6.07. The third-order valence-corrected chi connectivity index (χ3v) is 2.62. The SMILES string of the molecule is CC(C)(C)CCNC(=O)c1ccc(Br)nc1. The molecule has 0 aliphatic rings. The van der Waals surface area contributed by atoms with Gasteiger partial charge >= 0.3 is 0 Å². The fourth-order valence-corrected chi connectivity index (χ4v) is 1.40. The van der Waals surface area contributed by atoms with Crippen molar-refractivity contribution in [2.45, 2.75) is 27.2 Å². The maximum atomic E-state index is 11.7. The van der Waals surface area contributed by atoms with Crippen molar-refractivity contribution in [2.75, 3.05) is 6.54 Å². The molecule has 1 amide bonds. The number of carbonyl (C=O) groups excluding carboxylic acids is 1. The van der Waals surface area contributed by atoms with Crippen LogP contribution in [0.25, 0.3) is 0 Å². The lowest BCUT2D eigenvalue weighted by molar-refractivity contribution is 0.0949. The van der Waals surface area contributed by atoms with Crippen LogP contribution in [0.5, 0.6) is 0 Å². The molecular weight excluding hydrogens is 268 g/mol. The topological polar surface area (TPSA) is 42.0 Å². The molecule has 0 saturated heterocycles. The molecule has 0 unspecified atom stereocenters. The molecule has 1 N–H and O–H groups in total. The fraction of sp³-hybridized carbons (Fsp3) is 0.500. The van der Waals surface area contributed by atoms with Crippen LogP contribution in [0.3, 0.4) is 0 Å². The number of halogens is 1. The van der Waals surface area contributed by atoms with E-state index >= 15 is 0 Å². The van der Waals surface area contributed by atoms with Crippen LogP contribution in [-0.4, -0.2) is 17.4 Å². The van der Waals surface area contributed by atoms with Crippen molar-refractivity contribution < 1.29 is 4.79 Å². The van der Waals surface area contributed by atoms with Gasteiger partial charge in [-0.05, 0) is 39.9 Å². The van der Waals surface area contributed by atoms with E-state index in [-0.39, 0.29) is 11.3 Å². The molecule has 1 aromatic heterocycles. The van der Waals surface area contributed by atoms with E-state index in [1.54, 1.807) is 18.3 Å². The average molecular weight is 285 g/mol. The molecule has 0 saturated carbocycles. The molecule has 1 heterocycles. The van der Waals surface area contributed by atoms with E-state index in [1.165, 1.54) is 0 Å². The molecule has 3 nitrogen and oxygen atoms in total. The van der Waals surface area contributed by atoms with Gasteiger partial charge in [-0.2, -0.15) is 0 Å². The van der Waals surface area contributed by atoms with Gasteiger partial charge in [0.2, 0.25) is 0 Å². The van der Waals surface area contributed by atoms with Crippen molar-refractivity contribution in [1.29, 1.82) is 0 Å². The molecule has 0 aromatic carbocycles. The van der Waals surface area contributed by atoms with E-state index < -0.39 is 0 Å². The lowest BCUT2D eigenvalue weighted by Gasteiger charge is -2.17. The zero-order valence-electron chi connectivity index (χ0n) is 9.88.